The first-order valence-electron chi connectivity index (χ1n) is 8.73. The van der Waals surface area contributed by atoms with E-state index >= 15 is 0 Å². The van der Waals surface area contributed by atoms with Gasteiger partial charge in [-0.2, -0.15) is 0 Å². The number of carbonyl (C=O) groups excluding carboxylic acids is 2. The smallest absolute Gasteiger partial charge is 0.336 e. The van der Waals surface area contributed by atoms with E-state index in [-0.39, 0.29) is 36.3 Å². The number of hydrogen-bond donors (Lipinski definition) is 1. The van der Waals surface area contributed by atoms with Crippen molar-refractivity contribution >= 4 is 11.9 Å². The SMILES string of the molecule is COC(=O)C1=C(C)NC(C)=C(C(=O)OCCCO[N+](=O)[O-])C1c1ccccc1F. The van der Waals surface area contributed by atoms with Crippen molar-refractivity contribution < 1.29 is 33.4 Å². The monoisotopic (exact) mass is 408 g/mol. The lowest BCUT2D eigenvalue weighted by Gasteiger charge is -2.30. The molecule has 0 aromatic heterocycles. The van der Waals surface area contributed by atoms with Gasteiger partial charge in [-0.25, -0.2) is 14.0 Å². The Morgan fingerprint density at radius 2 is 1.76 bits per heavy atom. The second-order valence-corrected chi connectivity index (χ2v) is 6.19. The highest BCUT2D eigenvalue weighted by atomic mass is 19.1. The van der Waals surface area contributed by atoms with Gasteiger partial charge in [-0.1, -0.05) is 18.2 Å². The first kappa shape index (κ1) is 21.9. The Kier molecular flexibility index (Phi) is 7.29. The molecule has 10 heteroatoms. The van der Waals surface area contributed by atoms with Crippen LogP contribution in [-0.4, -0.2) is 37.3 Å². The van der Waals surface area contributed by atoms with Gasteiger partial charge in [0.25, 0.3) is 5.09 Å². The normalized spacial score (nSPS) is 16.2. The summed E-state index contributed by atoms with van der Waals surface area (Å²) in [5, 5.41) is 12.1. The Hall–Kier alpha value is -3.43. The van der Waals surface area contributed by atoms with E-state index in [0.29, 0.717) is 11.4 Å². The molecule has 0 amide bonds. The molecule has 0 radical (unpaired) electrons. The second kappa shape index (κ2) is 9.67. The molecule has 9 nitrogen and oxygen atoms in total. The van der Waals surface area contributed by atoms with E-state index in [4.69, 9.17) is 9.47 Å². The highest BCUT2D eigenvalue weighted by Gasteiger charge is 2.38. The van der Waals surface area contributed by atoms with E-state index in [1.165, 1.54) is 25.3 Å². The number of hydrogen-bond acceptors (Lipinski definition) is 8. The number of nitrogens with one attached hydrogen (secondary N) is 1. The molecule has 1 atom stereocenters. The van der Waals surface area contributed by atoms with Crippen LogP contribution in [-0.2, 0) is 23.9 Å². The Bertz CT molecular complexity index is 879. The molecule has 1 aliphatic rings. The van der Waals surface area contributed by atoms with Gasteiger partial charge in [0.2, 0.25) is 0 Å². The van der Waals surface area contributed by atoms with Gasteiger partial charge in [0.1, 0.15) is 5.82 Å². The van der Waals surface area contributed by atoms with Crippen LogP contribution in [0.2, 0.25) is 0 Å². The molecule has 1 aliphatic heterocycles. The van der Waals surface area contributed by atoms with Gasteiger partial charge in [0.15, 0.2) is 0 Å². The third-order valence-corrected chi connectivity index (χ3v) is 4.32. The van der Waals surface area contributed by atoms with E-state index in [0.717, 1.165) is 0 Å². The zero-order valence-electron chi connectivity index (χ0n) is 16.2. The average molecular weight is 408 g/mol. The fourth-order valence-electron chi connectivity index (χ4n) is 3.11. The molecular weight excluding hydrogens is 387 g/mol. The number of nitrogens with zero attached hydrogens (tertiary/aromatic N) is 1. The van der Waals surface area contributed by atoms with Crippen LogP contribution >= 0.6 is 0 Å². The van der Waals surface area contributed by atoms with Crippen LogP contribution < -0.4 is 5.32 Å². The lowest BCUT2D eigenvalue weighted by Crippen LogP contribution is -2.32. The predicted octanol–water partition coefficient (Wildman–Crippen LogP) is 2.38. The fraction of sp³-hybridized carbons (Fsp3) is 0.368. The van der Waals surface area contributed by atoms with Crippen LogP contribution in [0.5, 0.6) is 0 Å². The second-order valence-electron chi connectivity index (χ2n) is 6.19. The molecule has 2 rings (SSSR count). The van der Waals surface area contributed by atoms with Crippen molar-refractivity contribution in [3.63, 3.8) is 0 Å². The molecule has 0 saturated heterocycles. The summed E-state index contributed by atoms with van der Waals surface area (Å²) >= 11 is 0. The van der Waals surface area contributed by atoms with Crippen molar-refractivity contribution in [2.24, 2.45) is 0 Å². The molecule has 156 valence electrons. The van der Waals surface area contributed by atoms with Crippen molar-refractivity contribution in [3.8, 4) is 0 Å². The van der Waals surface area contributed by atoms with Gasteiger partial charge >= 0.3 is 11.9 Å². The van der Waals surface area contributed by atoms with Crippen LogP contribution in [0.25, 0.3) is 0 Å². The maximum atomic E-state index is 14.6. The van der Waals surface area contributed by atoms with Crippen molar-refractivity contribution in [2.75, 3.05) is 20.3 Å². The topological polar surface area (TPSA) is 117 Å². The lowest BCUT2D eigenvalue weighted by molar-refractivity contribution is -0.757. The third kappa shape index (κ3) is 5.09. The number of halogens is 1. The molecule has 0 fully saturated rings. The van der Waals surface area contributed by atoms with Crippen LogP contribution in [0.3, 0.4) is 0 Å². The summed E-state index contributed by atoms with van der Waals surface area (Å²) in [5.74, 6) is -3.11. The zero-order chi connectivity index (χ0) is 21.6. The molecule has 0 aliphatic carbocycles. The largest absolute Gasteiger partial charge is 0.466 e. The first-order valence-corrected chi connectivity index (χ1v) is 8.73. The van der Waals surface area contributed by atoms with Crippen LogP contribution in [0, 0.1) is 15.9 Å². The summed E-state index contributed by atoms with van der Waals surface area (Å²) < 4.78 is 24.6. The van der Waals surface area contributed by atoms with E-state index in [1.54, 1.807) is 19.9 Å². The molecule has 0 spiro atoms. The van der Waals surface area contributed by atoms with Crippen molar-refractivity contribution in [3.05, 3.63) is 68.3 Å². The molecule has 1 N–H and O–H groups in total. The number of benzene rings is 1. The summed E-state index contributed by atoms with van der Waals surface area (Å²) in [6, 6.07) is 5.80. The average Bonchev–Trinajstić information content (AvgIpc) is 2.66. The predicted molar refractivity (Wildman–Crippen MR) is 98.2 cm³/mol. The van der Waals surface area contributed by atoms with Crippen molar-refractivity contribution in [1.82, 2.24) is 5.32 Å². The van der Waals surface area contributed by atoms with Gasteiger partial charge in [0.05, 0.1) is 37.4 Å². The summed E-state index contributed by atoms with van der Waals surface area (Å²) in [7, 11) is 1.19. The summed E-state index contributed by atoms with van der Waals surface area (Å²) in [6.45, 7) is 2.85. The van der Waals surface area contributed by atoms with Gasteiger partial charge < -0.3 is 19.6 Å². The van der Waals surface area contributed by atoms with E-state index in [1.807, 2.05) is 0 Å². The number of carbonyl (C=O) groups is 2. The quantitative estimate of drug-likeness (QED) is 0.302. The Balaban J connectivity index is 2.36. The molecular formula is C19H21FN2O7. The lowest BCUT2D eigenvalue weighted by atomic mass is 9.80. The molecule has 29 heavy (non-hydrogen) atoms. The Morgan fingerprint density at radius 1 is 1.14 bits per heavy atom. The van der Waals surface area contributed by atoms with Gasteiger partial charge in [-0.3, -0.25) is 0 Å². The summed E-state index contributed by atoms with van der Waals surface area (Å²) in [5.41, 5.74) is 1.09. The number of dihydropyridines is 1. The van der Waals surface area contributed by atoms with Crippen LogP contribution in [0.4, 0.5) is 4.39 Å². The molecule has 1 heterocycles. The maximum absolute atomic E-state index is 14.6. The van der Waals surface area contributed by atoms with Crippen molar-refractivity contribution in [1.29, 1.82) is 0 Å². The fourth-order valence-corrected chi connectivity index (χ4v) is 3.11. The molecule has 0 saturated carbocycles. The van der Waals surface area contributed by atoms with Gasteiger partial charge in [-0.05, 0) is 19.9 Å². The van der Waals surface area contributed by atoms with Crippen molar-refractivity contribution in [2.45, 2.75) is 26.2 Å². The van der Waals surface area contributed by atoms with E-state index in [9.17, 15) is 24.1 Å². The number of allylic oxidation sites excluding steroid dienone is 2. The first-order chi connectivity index (χ1) is 13.8. The minimum absolute atomic E-state index is 0.0521. The number of esters is 2. The number of ether oxygens (including phenoxy) is 2. The van der Waals surface area contributed by atoms with Gasteiger partial charge in [0, 0.05) is 23.4 Å². The van der Waals surface area contributed by atoms with E-state index in [2.05, 4.69) is 10.2 Å². The Morgan fingerprint density at radius 3 is 2.34 bits per heavy atom. The van der Waals surface area contributed by atoms with Crippen LogP contribution in [0.15, 0.2) is 46.8 Å². The van der Waals surface area contributed by atoms with E-state index < -0.39 is 28.8 Å². The summed E-state index contributed by atoms with van der Waals surface area (Å²) in [4.78, 5) is 39.5. The zero-order valence-corrected chi connectivity index (χ0v) is 16.2. The Labute approximate surface area is 166 Å². The number of rotatable bonds is 8. The highest BCUT2D eigenvalue weighted by molar-refractivity contribution is 5.99. The number of methoxy groups -OCH3 is 1. The molecule has 0 bridgehead atoms. The summed E-state index contributed by atoms with van der Waals surface area (Å²) in [6.07, 6.45) is 0.0928. The molecule has 1 unspecified atom stereocenters. The molecule has 1 aromatic carbocycles. The third-order valence-electron chi connectivity index (χ3n) is 4.32. The standard InChI is InChI=1S/C19H21FN2O7/c1-11-15(18(23)27-3)17(13-7-4-5-8-14(13)20)16(12(2)21-11)19(24)28-9-6-10-29-22(25)26/h4-5,7-8,17,21H,6,9-10H2,1-3H3. The maximum Gasteiger partial charge on any atom is 0.336 e. The van der Waals surface area contributed by atoms with Crippen LogP contribution in [0.1, 0.15) is 31.7 Å². The molecule has 1 aromatic rings. The minimum Gasteiger partial charge on any atom is -0.466 e. The highest BCUT2D eigenvalue weighted by Crippen LogP contribution is 2.40. The minimum atomic E-state index is -1.03. The van der Waals surface area contributed by atoms with Gasteiger partial charge in [-0.15, -0.1) is 10.1 Å².